The highest BCUT2D eigenvalue weighted by Gasteiger charge is 2.30. The summed E-state index contributed by atoms with van der Waals surface area (Å²) in [7, 11) is 12.1. The minimum absolute atomic E-state index is 0. The van der Waals surface area contributed by atoms with Gasteiger partial charge in [0.25, 0.3) is 0 Å². The van der Waals surface area contributed by atoms with Gasteiger partial charge in [-0.25, -0.2) is 0 Å². The Balaban J connectivity index is 0.00000324. The molecule has 0 bridgehead atoms. The van der Waals surface area contributed by atoms with Crippen LogP contribution in [-0.4, -0.2) is 87.7 Å². The number of halogens is 2. The fourth-order valence-corrected chi connectivity index (χ4v) is 3.63. The predicted molar refractivity (Wildman–Crippen MR) is 132 cm³/mol. The van der Waals surface area contributed by atoms with Gasteiger partial charge in [-0.1, -0.05) is 0 Å². The van der Waals surface area contributed by atoms with E-state index in [-0.39, 0.29) is 93.6 Å². The Hall–Kier alpha value is -1.90. The summed E-state index contributed by atoms with van der Waals surface area (Å²) >= 11 is 0. The predicted octanol–water partition coefficient (Wildman–Crippen LogP) is -3.46. The molecule has 36 heavy (non-hydrogen) atoms. The van der Waals surface area contributed by atoms with Crippen LogP contribution in [0.5, 0.6) is 0 Å². The van der Waals surface area contributed by atoms with Crippen LogP contribution in [0.3, 0.4) is 0 Å². The zero-order chi connectivity index (χ0) is 25.3. The number of fused-ring (bicyclic) bond motifs is 2. The van der Waals surface area contributed by atoms with E-state index in [1.807, 2.05) is 42.3 Å². The molecule has 0 fully saturated rings. The van der Waals surface area contributed by atoms with Crippen LogP contribution in [0.25, 0.3) is 0 Å². The number of benzene rings is 2. The van der Waals surface area contributed by atoms with Crippen molar-refractivity contribution >= 4 is 34.8 Å². The van der Waals surface area contributed by atoms with Gasteiger partial charge in [-0.3, -0.25) is 19.2 Å². The summed E-state index contributed by atoms with van der Waals surface area (Å²) in [6.45, 7) is 1.35. The molecule has 10 heteroatoms. The summed E-state index contributed by atoms with van der Waals surface area (Å²) in [6, 6.07) is 9.52. The van der Waals surface area contributed by atoms with Gasteiger partial charge in [0.1, 0.15) is 0 Å². The second kappa shape index (κ2) is 12.6. The Morgan fingerprint density at radius 1 is 0.611 bits per heavy atom. The third-order valence-electron chi connectivity index (χ3n) is 5.60. The van der Waals surface area contributed by atoms with E-state index in [9.17, 15) is 19.2 Å². The van der Waals surface area contributed by atoms with Crippen LogP contribution < -0.4 is 58.6 Å². The van der Waals surface area contributed by atoms with Crippen molar-refractivity contribution in [3.8, 4) is 0 Å². The number of ketones is 2. The quantitative estimate of drug-likeness (QED) is 0.187. The standard InChI is InChI=1S/C26H32N4O4.2HI/c1-29(2,3)13-11-23(31)27-17-7-9-19-21(15-17)25(33)20-10-8-18(16-22(20)26(19)34)28-24(32)12-14-30(4,5)6;;/h7-10,15-16H,11-14H2,1-6H3;2*1H. The highest BCUT2D eigenvalue weighted by atomic mass is 127. The lowest BCUT2D eigenvalue weighted by Gasteiger charge is -2.23. The Bertz CT molecular complexity index is 1080. The van der Waals surface area contributed by atoms with Gasteiger partial charge in [0.05, 0.1) is 68.2 Å². The van der Waals surface area contributed by atoms with Crippen molar-refractivity contribution in [2.75, 3.05) is 66.0 Å². The Morgan fingerprint density at radius 3 is 1.25 bits per heavy atom. The molecular formula is C26H34I2N4O4. The largest absolute Gasteiger partial charge is 1.00 e. The van der Waals surface area contributed by atoms with E-state index in [0.717, 1.165) is 0 Å². The summed E-state index contributed by atoms with van der Waals surface area (Å²) in [5.41, 5.74) is 2.07. The molecule has 1 aliphatic carbocycles. The van der Waals surface area contributed by atoms with Crippen LogP contribution in [-0.2, 0) is 9.59 Å². The van der Waals surface area contributed by atoms with Crippen LogP contribution in [0, 0.1) is 0 Å². The molecule has 1 aliphatic rings. The molecule has 0 aromatic heterocycles. The average Bonchev–Trinajstić information content (AvgIpc) is 2.74. The molecule has 0 saturated heterocycles. The van der Waals surface area contributed by atoms with Crippen LogP contribution in [0.4, 0.5) is 11.4 Å². The second-order valence-corrected chi connectivity index (χ2v) is 10.8. The van der Waals surface area contributed by atoms with Gasteiger partial charge in [0, 0.05) is 33.6 Å². The number of carbonyl (C=O) groups excluding carboxylic acids is 4. The number of carbonyl (C=O) groups is 4. The third kappa shape index (κ3) is 8.60. The van der Waals surface area contributed by atoms with Crippen molar-refractivity contribution in [2.45, 2.75) is 12.8 Å². The SMILES string of the molecule is C[N+](C)(C)CCC(=O)Nc1ccc2c(c1)C(=O)c1ccc(NC(=O)CC[N+](C)(C)C)cc1C2=O.[I-].[I-]. The van der Waals surface area contributed by atoms with Gasteiger partial charge in [0.15, 0.2) is 11.6 Å². The smallest absolute Gasteiger partial charge is 0.230 e. The monoisotopic (exact) mass is 720 g/mol. The zero-order valence-corrected chi connectivity index (χ0v) is 25.9. The van der Waals surface area contributed by atoms with Crippen LogP contribution in [0.1, 0.15) is 44.7 Å². The minimum Gasteiger partial charge on any atom is -1.00 e. The molecule has 0 unspecified atom stereocenters. The van der Waals surface area contributed by atoms with Crippen LogP contribution >= 0.6 is 0 Å². The van der Waals surface area contributed by atoms with Crippen molar-refractivity contribution in [1.29, 1.82) is 0 Å². The Morgan fingerprint density at radius 2 is 0.944 bits per heavy atom. The molecule has 2 aromatic carbocycles. The number of hydrogen-bond donors (Lipinski definition) is 2. The summed E-state index contributed by atoms with van der Waals surface area (Å²) in [6.07, 6.45) is 0.694. The molecule has 2 aromatic rings. The molecule has 0 spiro atoms. The maximum atomic E-state index is 13.1. The minimum atomic E-state index is -0.282. The number of rotatable bonds is 8. The lowest BCUT2D eigenvalue weighted by atomic mass is 9.83. The molecule has 2 amide bonds. The maximum Gasteiger partial charge on any atom is 0.230 e. The molecule has 0 saturated carbocycles. The lowest BCUT2D eigenvalue weighted by Crippen LogP contribution is -3.00. The molecule has 196 valence electrons. The van der Waals surface area contributed by atoms with Gasteiger partial charge in [-0.15, -0.1) is 0 Å². The number of nitrogens with one attached hydrogen (secondary N) is 2. The Labute approximate surface area is 247 Å². The van der Waals surface area contributed by atoms with Crippen molar-refractivity contribution in [1.82, 2.24) is 0 Å². The summed E-state index contributed by atoms with van der Waals surface area (Å²) in [5.74, 6) is -0.854. The topological polar surface area (TPSA) is 92.3 Å². The average molecular weight is 720 g/mol. The van der Waals surface area contributed by atoms with E-state index < -0.39 is 0 Å². The molecule has 8 nitrogen and oxygen atoms in total. The molecular weight excluding hydrogens is 686 g/mol. The molecule has 0 heterocycles. The van der Waals surface area contributed by atoms with Gasteiger partial charge < -0.3 is 67.6 Å². The number of amides is 2. The Kier molecular flexibility index (Phi) is 11.2. The van der Waals surface area contributed by atoms with Gasteiger partial charge in [-0.05, 0) is 36.4 Å². The van der Waals surface area contributed by atoms with E-state index in [1.165, 1.54) is 0 Å². The first-order valence-electron chi connectivity index (χ1n) is 11.3. The highest BCUT2D eigenvalue weighted by molar-refractivity contribution is 6.29. The fourth-order valence-electron chi connectivity index (χ4n) is 3.63. The number of hydrogen-bond acceptors (Lipinski definition) is 4. The second-order valence-electron chi connectivity index (χ2n) is 10.8. The fraction of sp³-hybridized carbons (Fsp3) is 0.385. The molecule has 0 atom stereocenters. The van der Waals surface area contributed by atoms with Gasteiger partial charge in [-0.2, -0.15) is 0 Å². The molecule has 0 aliphatic heterocycles. The normalized spacial score (nSPS) is 12.5. The van der Waals surface area contributed by atoms with E-state index in [2.05, 4.69) is 10.6 Å². The van der Waals surface area contributed by atoms with Crippen LogP contribution in [0.15, 0.2) is 36.4 Å². The first-order chi connectivity index (χ1) is 15.7. The maximum absolute atomic E-state index is 13.1. The first-order valence-corrected chi connectivity index (χ1v) is 11.3. The van der Waals surface area contributed by atoms with Gasteiger partial charge >= 0.3 is 0 Å². The third-order valence-corrected chi connectivity index (χ3v) is 5.60. The van der Waals surface area contributed by atoms with E-state index in [0.29, 0.717) is 46.3 Å². The summed E-state index contributed by atoms with van der Waals surface area (Å²) < 4.78 is 1.33. The zero-order valence-electron chi connectivity index (χ0n) is 21.6. The van der Waals surface area contributed by atoms with Crippen LogP contribution in [0.2, 0.25) is 0 Å². The highest BCUT2D eigenvalue weighted by Crippen LogP contribution is 2.31. The van der Waals surface area contributed by atoms with Crippen molar-refractivity contribution in [2.24, 2.45) is 0 Å². The van der Waals surface area contributed by atoms with Crippen molar-refractivity contribution in [3.05, 3.63) is 58.7 Å². The number of anilines is 2. The molecule has 3 rings (SSSR count). The van der Waals surface area contributed by atoms with E-state index in [4.69, 9.17) is 0 Å². The van der Waals surface area contributed by atoms with E-state index in [1.54, 1.807) is 36.4 Å². The van der Waals surface area contributed by atoms with Crippen molar-refractivity contribution in [3.63, 3.8) is 0 Å². The lowest BCUT2D eigenvalue weighted by molar-refractivity contribution is -0.869. The van der Waals surface area contributed by atoms with Gasteiger partial charge in [0.2, 0.25) is 11.8 Å². The molecule has 2 N–H and O–H groups in total. The van der Waals surface area contributed by atoms with E-state index >= 15 is 0 Å². The summed E-state index contributed by atoms with van der Waals surface area (Å²) in [5, 5.41) is 5.63. The number of nitrogens with zero attached hydrogens (tertiary/aromatic N) is 2. The van der Waals surface area contributed by atoms with Crippen molar-refractivity contribution < 1.29 is 76.1 Å². The molecule has 0 radical (unpaired) electrons. The summed E-state index contributed by atoms with van der Waals surface area (Å²) in [4.78, 5) is 50.9. The number of quaternary nitrogens is 2. The first kappa shape index (κ1) is 32.1.